The first-order chi connectivity index (χ1) is 8.20. The third-order valence-electron chi connectivity index (χ3n) is 3.21. The molecular formula is C12H17N3O2. The van der Waals surface area contributed by atoms with Gasteiger partial charge in [-0.25, -0.2) is 4.68 Å². The molecule has 2 rings (SSSR count). The molecule has 2 heterocycles. The Morgan fingerprint density at radius 1 is 1.41 bits per heavy atom. The van der Waals surface area contributed by atoms with Crippen molar-refractivity contribution in [2.45, 2.75) is 26.3 Å². The number of carbonyl (C=O) groups excluding carboxylic acids is 1. The molecule has 1 aliphatic rings. The van der Waals surface area contributed by atoms with Crippen LogP contribution in [0.15, 0.2) is 16.9 Å². The van der Waals surface area contributed by atoms with Gasteiger partial charge in [-0.1, -0.05) is 6.92 Å². The number of hydrogen-bond acceptors (Lipinski definition) is 4. The second-order valence-electron chi connectivity index (χ2n) is 4.55. The summed E-state index contributed by atoms with van der Waals surface area (Å²) in [6, 6.07) is 3.21. The Labute approximate surface area is 100 Å². The van der Waals surface area contributed by atoms with Gasteiger partial charge in [-0.05, 0) is 24.8 Å². The largest absolute Gasteiger partial charge is 0.355 e. The highest BCUT2D eigenvalue weighted by Crippen LogP contribution is 2.20. The summed E-state index contributed by atoms with van der Waals surface area (Å²) in [6.07, 6.45) is 2.99. The van der Waals surface area contributed by atoms with Crippen molar-refractivity contribution in [1.82, 2.24) is 9.78 Å². The Hall–Kier alpha value is -1.65. The molecule has 0 saturated carbocycles. The molecule has 1 fully saturated rings. The first-order valence-corrected chi connectivity index (χ1v) is 5.97. The summed E-state index contributed by atoms with van der Waals surface area (Å²) in [5, 5.41) is 4.21. The van der Waals surface area contributed by atoms with E-state index in [0.29, 0.717) is 6.29 Å². The van der Waals surface area contributed by atoms with E-state index in [1.165, 1.54) is 10.7 Å². The monoisotopic (exact) mass is 235 g/mol. The number of anilines is 1. The van der Waals surface area contributed by atoms with E-state index in [9.17, 15) is 9.59 Å². The van der Waals surface area contributed by atoms with Crippen LogP contribution >= 0.6 is 0 Å². The van der Waals surface area contributed by atoms with E-state index in [0.717, 1.165) is 37.7 Å². The van der Waals surface area contributed by atoms with E-state index in [2.05, 4.69) is 16.9 Å². The van der Waals surface area contributed by atoms with Gasteiger partial charge in [-0.15, -0.1) is 0 Å². The highest BCUT2D eigenvalue weighted by Gasteiger charge is 2.17. The lowest BCUT2D eigenvalue weighted by molar-refractivity contribution is -0.108. The highest BCUT2D eigenvalue weighted by molar-refractivity contribution is 5.49. The zero-order chi connectivity index (χ0) is 12.3. The molecule has 1 aromatic rings. The molecule has 0 spiro atoms. The zero-order valence-corrected chi connectivity index (χ0v) is 10.0. The molecule has 17 heavy (non-hydrogen) atoms. The molecule has 5 nitrogen and oxygen atoms in total. The summed E-state index contributed by atoms with van der Waals surface area (Å²) in [6.45, 7) is 4.20. The summed E-state index contributed by atoms with van der Waals surface area (Å²) in [5.74, 6) is 1.55. The second-order valence-corrected chi connectivity index (χ2v) is 4.55. The standard InChI is InChI=1S/C12H17N3O2/c1-10-4-6-14(7-5-10)11-2-3-12(17)15(13-11)8-9-16/h2-3,9-10H,4-8H2,1H3. The first-order valence-electron chi connectivity index (χ1n) is 5.97. The van der Waals surface area contributed by atoms with E-state index >= 15 is 0 Å². The van der Waals surface area contributed by atoms with Crippen molar-refractivity contribution in [3.63, 3.8) is 0 Å². The summed E-state index contributed by atoms with van der Waals surface area (Å²) in [5.41, 5.74) is -0.230. The number of hydrogen-bond donors (Lipinski definition) is 0. The smallest absolute Gasteiger partial charge is 0.267 e. The van der Waals surface area contributed by atoms with Gasteiger partial charge in [-0.2, -0.15) is 5.10 Å². The predicted molar refractivity (Wildman–Crippen MR) is 65.2 cm³/mol. The fourth-order valence-electron chi connectivity index (χ4n) is 2.05. The molecule has 0 atom stereocenters. The van der Waals surface area contributed by atoms with Crippen LogP contribution in [0.25, 0.3) is 0 Å². The van der Waals surface area contributed by atoms with Crippen LogP contribution in [0.4, 0.5) is 5.82 Å². The van der Waals surface area contributed by atoms with E-state index in [1.54, 1.807) is 6.07 Å². The minimum Gasteiger partial charge on any atom is -0.355 e. The van der Waals surface area contributed by atoms with Crippen LogP contribution < -0.4 is 10.5 Å². The molecule has 92 valence electrons. The fourth-order valence-corrected chi connectivity index (χ4v) is 2.05. The molecular weight excluding hydrogens is 218 g/mol. The van der Waals surface area contributed by atoms with Gasteiger partial charge < -0.3 is 9.69 Å². The average Bonchev–Trinajstić information content (AvgIpc) is 2.33. The van der Waals surface area contributed by atoms with Crippen molar-refractivity contribution < 1.29 is 4.79 Å². The van der Waals surface area contributed by atoms with Crippen molar-refractivity contribution in [2.75, 3.05) is 18.0 Å². The summed E-state index contributed by atoms with van der Waals surface area (Å²) in [7, 11) is 0. The molecule has 0 unspecified atom stereocenters. The molecule has 0 N–H and O–H groups in total. The SMILES string of the molecule is CC1CCN(c2ccc(=O)n(CC=O)n2)CC1. The van der Waals surface area contributed by atoms with Gasteiger partial charge in [0.15, 0.2) is 0 Å². The summed E-state index contributed by atoms with van der Waals surface area (Å²) in [4.78, 5) is 24.0. The lowest BCUT2D eigenvalue weighted by atomic mass is 9.99. The van der Waals surface area contributed by atoms with Gasteiger partial charge in [0.1, 0.15) is 18.6 Å². The maximum atomic E-state index is 11.4. The van der Waals surface area contributed by atoms with Crippen LogP contribution in [0.2, 0.25) is 0 Å². The molecule has 1 aromatic heterocycles. The van der Waals surface area contributed by atoms with Crippen molar-refractivity contribution in [1.29, 1.82) is 0 Å². The minimum atomic E-state index is -0.230. The zero-order valence-electron chi connectivity index (χ0n) is 10.0. The second kappa shape index (κ2) is 5.12. The number of nitrogens with zero attached hydrogens (tertiary/aromatic N) is 3. The van der Waals surface area contributed by atoms with Crippen molar-refractivity contribution in [2.24, 2.45) is 5.92 Å². The van der Waals surface area contributed by atoms with Gasteiger partial charge in [-0.3, -0.25) is 4.79 Å². The molecule has 0 aromatic carbocycles. The number of piperidine rings is 1. The highest BCUT2D eigenvalue weighted by atomic mass is 16.1. The third-order valence-corrected chi connectivity index (χ3v) is 3.21. The number of carbonyl (C=O) groups is 1. The van der Waals surface area contributed by atoms with E-state index in [1.807, 2.05) is 0 Å². The van der Waals surface area contributed by atoms with Crippen molar-refractivity contribution >= 4 is 12.1 Å². The van der Waals surface area contributed by atoms with Crippen molar-refractivity contribution in [3.8, 4) is 0 Å². The number of aromatic nitrogens is 2. The lowest BCUT2D eigenvalue weighted by Gasteiger charge is -2.31. The van der Waals surface area contributed by atoms with E-state index in [4.69, 9.17) is 0 Å². The van der Waals surface area contributed by atoms with Gasteiger partial charge in [0.2, 0.25) is 0 Å². The Kier molecular flexibility index (Phi) is 3.56. The molecule has 0 radical (unpaired) electrons. The summed E-state index contributed by atoms with van der Waals surface area (Å²) < 4.78 is 1.21. The maximum Gasteiger partial charge on any atom is 0.267 e. The Morgan fingerprint density at radius 3 is 2.76 bits per heavy atom. The Bertz CT molecular complexity index is 447. The van der Waals surface area contributed by atoms with Gasteiger partial charge in [0.05, 0.1) is 0 Å². The average molecular weight is 235 g/mol. The number of rotatable bonds is 3. The van der Waals surface area contributed by atoms with Gasteiger partial charge in [0, 0.05) is 19.2 Å². The molecule has 0 bridgehead atoms. The van der Waals surface area contributed by atoms with E-state index < -0.39 is 0 Å². The van der Waals surface area contributed by atoms with E-state index in [-0.39, 0.29) is 12.1 Å². The van der Waals surface area contributed by atoms with Crippen LogP contribution in [0.1, 0.15) is 19.8 Å². The Morgan fingerprint density at radius 2 is 2.12 bits per heavy atom. The topological polar surface area (TPSA) is 55.2 Å². The van der Waals surface area contributed by atoms with Crippen LogP contribution in [0, 0.1) is 5.92 Å². The Balaban J connectivity index is 2.18. The normalized spacial score (nSPS) is 17.1. The fraction of sp³-hybridized carbons (Fsp3) is 0.583. The number of aldehydes is 1. The molecule has 1 saturated heterocycles. The van der Waals surface area contributed by atoms with Crippen LogP contribution in [-0.4, -0.2) is 29.2 Å². The maximum absolute atomic E-state index is 11.4. The molecule has 5 heteroatoms. The molecule has 1 aliphatic heterocycles. The van der Waals surface area contributed by atoms with Crippen LogP contribution in [0.5, 0.6) is 0 Å². The minimum absolute atomic E-state index is 0.0247. The van der Waals surface area contributed by atoms with Crippen LogP contribution in [0.3, 0.4) is 0 Å². The van der Waals surface area contributed by atoms with Crippen LogP contribution in [-0.2, 0) is 11.3 Å². The molecule has 0 amide bonds. The summed E-state index contributed by atoms with van der Waals surface area (Å²) >= 11 is 0. The first kappa shape index (κ1) is 11.8. The quantitative estimate of drug-likeness (QED) is 0.723. The van der Waals surface area contributed by atoms with Crippen molar-refractivity contribution in [3.05, 3.63) is 22.5 Å². The third kappa shape index (κ3) is 2.72. The van der Waals surface area contributed by atoms with Gasteiger partial charge >= 0.3 is 0 Å². The lowest BCUT2D eigenvalue weighted by Crippen LogP contribution is -2.35. The predicted octanol–water partition coefficient (Wildman–Crippen LogP) is 0.678. The van der Waals surface area contributed by atoms with Gasteiger partial charge in [0.25, 0.3) is 5.56 Å². The molecule has 0 aliphatic carbocycles.